The summed E-state index contributed by atoms with van der Waals surface area (Å²) in [7, 11) is -3.55. The Kier molecular flexibility index (Phi) is 3.97. The molecule has 0 aliphatic carbocycles. The average Bonchev–Trinajstić information content (AvgIpc) is 2.78. The van der Waals surface area contributed by atoms with Crippen molar-refractivity contribution in [3.8, 4) is 0 Å². The van der Waals surface area contributed by atoms with E-state index in [0.29, 0.717) is 12.5 Å². The van der Waals surface area contributed by atoms with Gasteiger partial charge >= 0.3 is 0 Å². The van der Waals surface area contributed by atoms with Crippen molar-refractivity contribution in [2.45, 2.75) is 42.4 Å². The molecule has 0 radical (unpaired) electrons. The molecule has 0 N–H and O–H groups in total. The van der Waals surface area contributed by atoms with Gasteiger partial charge in [-0.1, -0.05) is 24.3 Å². The first-order valence-corrected chi connectivity index (χ1v) is 8.33. The third kappa shape index (κ3) is 3.02. The zero-order chi connectivity index (χ0) is 15.7. The Labute approximate surface area is 126 Å². The first-order chi connectivity index (χ1) is 9.70. The monoisotopic (exact) mass is 307 g/mol. The second kappa shape index (κ2) is 5.30. The molecule has 5 heteroatoms. The summed E-state index contributed by atoms with van der Waals surface area (Å²) in [6.07, 6.45) is 1.66. The number of ether oxygens (including phenoxy) is 1. The Morgan fingerprint density at radius 1 is 1.38 bits per heavy atom. The normalized spacial score (nSPS) is 20.2. The van der Waals surface area contributed by atoms with Crippen LogP contribution in [0.1, 0.15) is 27.2 Å². The Morgan fingerprint density at radius 3 is 2.48 bits per heavy atom. The Morgan fingerprint density at radius 2 is 2.00 bits per heavy atom. The molecule has 4 nitrogen and oxygen atoms in total. The minimum absolute atomic E-state index is 0.192. The van der Waals surface area contributed by atoms with E-state index in [1.807, 2.05) is 13.8 Å². The van der Waals surface area contributed by atoms with Gasteiger partial charge in [-0.15, -0.1) is 6.58 Å². The zero-order valence-electron chi connectivity index (χ0n) is 12.7. The standard InChI is InChI=1S/C16H21NO3S/c1-5-16(4,11-14-17-15(2,3)12-20-14)21(18,19)13-9-7-6-8-10-13/h5-10H,1,11-12H2,2-4H3/t16-/m0/s1. The maximum absolute atomic E-state index is 12.9. The highest BCUT2D eigenvalue weighted by Gasteiger charge is 2.41. The van der Waals surface area contributed by atoms with E-state index in [2.05, 4.69) is 11.6 Å². The SMILES string of the molecule is C=C[C@@](C)(CC1=NC(C)(C)CO1)S(=O)(=O)c1ccccc1. The molecule has 0 aromatic heterocycles. The van der Waals surface area contributed by atoms with E-state index in [-0.39, 0.29) is 16.9 Å². The highest BCUT2D eigenvalue weighted by molar-refractivity contribution is 7.93. The first-order valence-electron chi connectivity index (χ1n) is 6.85. The molecule has 1 aromatic carbocycles. The van der Waals surface area contributed by atoms with Crippen LogP contribution in [0.3, 0.4) is 0 Å². The van der Waals surface area contributed by atoms with Crippen LogP contribution in [0.4, 0.5) is 0 Å². The van der Waals surface area contributed by atoms with Crippen LogP contribution in [0.2, 0.25) is 0 Å². The van der Waals surface area contributed by atoms with E-state index >= 15 is 0 Å². The quantitative estimate of drug-likeness (QED) is 0.786. The number of sulfone groups is 1. The Bertz CT molecular complexity index is 662. The molecule has 21 heavy (non-hydrogen) atoms. The molecule has 0 amide bonds. The molecular weight excluding hydrogens is 286 g/mol. The van der Waals surface area contributed by atoms with E-state index in [4.69, 9.17) is 4.74 Å². The summed E-state index contributed by atoms with van der Waals surface area (Å²) in [5.41, 5.74) is -0.298. The summed E-state index contributed by atoms with van der Waals surface area (Å²) in [5, 5.41) is 0. The van der Waals surface area contributed by atoms with Gasteiger partial charge in [-0.2, -0.15) is 0 Å². The van der Waals surface area contributed by atoms with Gasteiger partial charge in [-0.25, -0.2) is 13.4 Å². The lowest BCUT2D eigenvalue weighted by Crippen LogP contribution is -2.35. The lowest BCUT2D eigenvalue weighted by molar-refractivity contribution is 0.272. The maximum atomic E-state index is 12.9. The molecule has 114 valence electrons. The van der Waals surface area contributed by atoms with Crippen molar-refractivity contribution in [3.05, 3.63) is 43.0 Å². The van der Waals surface area contributed by atoms with Crippen molar-refractivity contribution in [2.24, 2.45) is 4.99 Å². The fourth-order valence-electron chi connectivity index (χ4n) is 2.20. The van der Waals surface area contributed by atoms with Crippen LogP contribution in [0.5, 0.6) is 0 Å². The smallest absolute Gasteiger partial charge is 0.187 e. The van der Waals surface area contributed by atoms with Crippen molar-refractivity contribution in [3.63, 3.8) is 0 Å². The van der Waals surface area contributed by atoms with Crippen molar-refractivity contribution in [2.75, 3.05) is 6.61 Å². The predicted molar refractivity (Wildman–Crippen MR) is 84.3 cm³/mol. The van der Waals surface area contributed by atoms with Gasteiger partial charge in [-0.05, 0) is 32.9 Å². The molecule has 0 saturated carbocycles. The lowest BCUT2D eigenvalue weighted by Gasteiger charge is -2.25. The summed E-state index contributed by atoms with van der Waals surface area (Å²) >= 11 is 0. The van der Waals surface area contributed by atoms with Crippen LogP contribution < -0.4 is 0 Å². The van der Waals surface area contributed by atoms with E-state index < -0.39 is 14.6 Å². The van der Waals surface area contributed by atoms with Crippen LogP contribution in [-0.2, 0) is 14.6 Å². The fraction of sp³-hybridized carbons (Fsp3) is 0.438. The second-order valence-electron chi connectivity index (χ2n) is 6.12. The molecule has 0 bridgehead atoms. The number of aliphatic imine (C=N–C) groups is 1. The van der Waals surface area contributed by atoms with E-state index in [1.54, 1.807) is 37.3 Å². The number of rotatable bonds is 5. The van der Waals surface area contributed by atoms with Gasteiger partial charge < -0.3 is 4.74 Å². The molecule has 1 aliphatic heterocycles. The molecule has 1 heterocycles. The lowest BCUT2D eigenvalue weighted by atomic mass is 10.1. The average molecular weight is 307 g/mol. The molecule has 1 atom stereocenters. The zero-order valence-corrected chi connectivity index (χ0v) is 13.5. The molecule has 0 spiro atoms. The topological polar surface area (TPSA) is 55.7 Å². The molecule has 0 unspecified atom stereocenters. The van der Waals surface area contributed by atoms with Gasteiger partial charge in [0.1, 0.15) is 11.4 Å². The number of hydrogen-bond acceptors (Lipinski definition) is 4. The molecule has 0 fully saturated rings. The molecule has 0 saturated heterocycles. The van der Waals surface area contributed by atoms with Crippen LogP contribution in [0.25, 0.3) is 0 Å². The predicted octanol–water partition coefficient (Wildman–Crippen LogP) is 3.00. The van der Waals surface area contributed by atoms with Crippen molar-refractivity contribution < 1.29 is 13.2 Å². The van der Waals surface area contributed by atoms with Crippen molar-refractivity contribution >= 4 is 15.7 Å². The third-order valence-electron chi connectivity index (χ3n) is 3.62. The fourth-order valence-corrected chi connectivity index (χ4v) is 3.79. The summed E-state index contributed by atoms with van der Waals surface area (Å²) < 4.78 is 30.1. The van der Waals surface area contributed by atoms with Crippen LogP contribution in [0, 0.1) is 0 Å². The molecular formula is C16H21NO3S. The Hall–Kier alpha value is -1.62. The minimum atomic E-state index is -3.55. The van der Waals surface area contributed by atoms with Gasteiger partial charge in [-0.3, -0.25) is 0 Å². The van der Waals surface area contributed by atoms with Crippen LogP contribution >= 0.6 is 0 Å². The Balaban J connectivity index is 2.36. The van der Waals surface area contributed by atoms with E-state index in [1.165, 1.54) is 6.08 Å². The minimum Gasteiger partial charge on any atom is -0.478 e. The summed E-state index contributed by atoms with van der Waals surface area (Å²) in [5.74, 6) is 0.474. The summed E-state index contributed by atoms with van der Waals surface area (Å²) in [6, 6.07) is 8.40. The largest absolute Gasteiger partial charge is 0.478 e. The van der Waals surface area contributed by atoms with E-state index in [0.717, 1.165) is 0 Å². The van der Waals surface area contributed by atoms with Gasteiger partial charge in [0.15, 0.2) is 15.7 Å². The molecule has 1 aromatic rings. The number of nitrogens with zero attached hydrogens (tertiary/aromatic N) is 1. The molecule has 1 aliphatic rings. The highest BCUT2D eigenvalue weighted by Crippen LogP contribution is 2.32. The second-order valence-corrected chi connectivity index (χ2v) is 8.53. The molecule has 2 rings (SSSR count). The van der Waals surface area contributed by atoms with Gasteiger partial charge in [0.25, 0.3) is 0 Å². The van der Waals surface area contributed by atoms with Crippen molar-refractivity contribution in [1.82, 2.24) is 0 Å². The number of hydrogen-bond donors (Lipinski definition) is 0. The third-order valence-corrected chi connectivity index (χ3v) is 6.05. The van der Waals surface area contributed by atoms with Gasteiger partial charge in [0, 0.05) is 6.42 Å². The number of benzene rings is 1. The summed E-state index contributed by atoms with van der Waals surface area (Å²) in [6.45, 7) is 9.75. The van der Waals surface area contributed by atoms with Crippen molar-refractivity contribution in [1.29, 1.82) is 0 Å². The van der Waals surface area contributed by atoms with Crippen LogP contribution in [-0.4, -0.2) is 31.2 Å². The first kappa shape index (κ1) is 15.8. The van der Waals surface area contributed by atoms with Gasteiger partial charge in [0.05, 0.1) is 10.4 Å². The highest BCUT2D eigenvalue weighted by atomic mass is 32.2. The van der Waals surface area contributed by atoms with Crippen LogP contribution in [0.15, 0.2) is 52.9 Å². The van der Waals surface area contributed by atoms with Gasteiger partial charge in [0.2, 0.25) is 0 Å². The van der Waals surface area contributed by atoms with E-state index in [9.17, 15) is 8.42 Å². The maximum Gasteiger partial charge on any atom is 0.187 e. The summed E-state index contributed by atoms with van der Waals surface area (Å²) in [4.78, 5) is 4.73.